The summed E-state index contributed by atoms with van der Waals surface area (Å²) in [6.07, 6.45) is 2.90. The molecule has 5 nitrogen and oxygen atoms in total. The molecule has 1 aromatic heterocycles. The molecule has 2 aromatic rings. The van der Waals surface area contributed by atoms with E-state index in [9.17, 15) is 9.90 Å². The minimum absolute atomic E-state index is 0.0573. The van der Waals surface area contributed by atoms with E-state index in [2.05, 4.69) is 23.1 Å². The maximum Gasteiger partial charge on any atom is 0.407 e. The Balaban J connectivity index is 1.74. The van der Waals surface area contributed by atoms with E-state index in [1.165, 1.54) is 21.6 Å². The van der Waals surface area contributed by atoms with Gasteiger partial charge in [0.25, 0.3) is 0 Å². The number of pyridine rings is 1. The molecule has 1 atom stereocenters. The summed E-state index contributed by atoms with van der Waals surface area (Å²) in [5.41, 5.74) is 4.86. The molecule has 1 aliphatic carbocycles. The van der Waals surface area contributed by atoms with Crippen molar-refractivity contribution in [3.63, 3.8) is 0 Å². The Morgan fingerprint density at radius 3 is 2.64 bits per heavy atom. The zero-order valence-corrected chi connectivity index (χ0v) is 14.6. The number of fused-ring (bicyclic) bond motifs is 2. The average molecular weight is 358 g/mol. The van der Waals surface area contributed by atoms with Crippen LogP contribution in [0, 0.1) is 0 Å². The molecule has 0 unspecified atom stereocenters. The standard InChI is InChI=1S/C19H20ClN3O2/c20-15-5-6-16-14(12-15)4-3-13-2-1-7-21-17(13)18(16)22-8-10-23(11-9-22)19(24)25/h1-2,5-7,12,18H,3-4,8-11H2,(H,24,25)/t18-/m1/s1. The van der Waals surface area contributed by atoms with Crippen molar-refractivity contribution in [1.29, 1.82) is 0 Å². The molecule has 0 radical (unpaired) electrons. The molecule has 1 aliphatic heterocycles. The number of piperazine rings is 1. The Kier molecular flexibility index (Phi) is 4.36. The highest BCUT2D eigenvalue weighted by atomic mass is 35.5. The van der Waals surface area contributed by atoms with Crippen LogP contribution in [0.25, 0.3) is 0 Å². The first-order chi connectivity index (χ1) is 12.1. The van der Waals surface area contributed by atoms with Gasteiger partial charge in [-0.1, -0.05) is 23.7 Å². The van der Waals surface area contributed by atoms with Crippen molar-refractivity contribution < 1.29 is 9.90 Å². The highest BCUT2D eigenvalue weighted by Gasteiger charge is 2.32. The lowest BCUT2D eigenvalue weighted by Gasteiger charge is -2.38. The van der Waals surface area contributed by atoms with E-state index >= 15 is 0 Å². The number of nitrogens with zero attached hydrogens (tertiary/aromatic N) is 3. The van der Waals surface area contributed by atoms with Crippen molar-refractivity contribution in [2.75, 3.05) is 26.2 Å². The van der Waals surface area contributed by atoms with E-state index in [0.29, 0.717) is 26.2 Å². The summed E-state index contributed by atoms with van der Waals surface area (Å²) in [4.78, 5) is 19.7. The summed E-state index contributed by atoms with van der Waals surface area (Å²) in [5, 5.41) is 9.96. The Labute approximate surface area is 151 Å². The number of hydrogen-bond donors (Lipinski definition) is 1. The zero-order valence-electron chi connectivity index (χ0n) is 13.9. The molecule has 25 heavy (non-hydrogen) atoms. The van der Waals surface area contributed by atoms with Gasteiger partial charge in [0.2, 0.25) is 0 Å². The van der Waals surface area contributed by atoms with E-state index in [4.69, 9.17) is 16.6 Å². The van der Waals surface area contributed by atoms with Gasteiger partial charge in [0, 0.05) is 37.4 Å². The number of halogens is 1. The smallest absolute Gasteiger partial charge is 0.407 e. The lowest BCUT2D eigenvalue weighted by Crippen LogP contribution is -2.49. The molecule has 0 spiro atoms. The van der Waals surface area contributed by atoms with Crippen LogP contribution in [0.15, 0.2) is 36.5 Å². The molecule has 1 aromatic carbocycles. The van der Waals surface area contributed by atoms with Gasteiger partial charge in [0.1, 0.15) is 0 Å². The lowest BCUT2D eigenvalue weighted by atomic mass is 9.96. The quantitative estimate of drug-likeness (QED) is 0.851. The molecule has 6 heteroatoms. The summed E-state index contributed by atoms with van der Waals surface area (Å²) in [5.74, 6) is 0. The van der Waals surface area contributed by atoms with Crippen molar-refractivity contribution in [2.45, 2.75) is 18.9 Å². The largest absolute Gasteiger partial charge is 0.465 e. The minimum Gasteiger partial charge on any atom is -0.465 e. The van der Waals surface area contributed by atoms with Crippen molar-refractivity contribution in [2.24, 2.45) is 0 Å². The van der Waals surface area contributed by atoms with Crippen molar-refractivity contribution >= 4 is 17.7 Å². The second kappa shape index (κ2) is 6.65. The summed E-state index contributed by atoms with van der Waals surface area (Å²) >= 11 is 6.23. The molecule has 4 rings (SSSR count). The molecular formula is C19H20ClN3O2. The maximum absolute atomic E-state index is 11.2. The van der Waals surface area contributed by atoms with Crippen molar-refractivity contribution in [1.82, 2.24) is 14.8 Å². The summed E-state index contributed by atoms with van der Waals surface area (Å²) in [7, 11) is 0. The van der Waals surface area contributed by atoms with Crippen LogP contribution < -0.4 is 0 Å². The van der Waals surface area contributed by atoms with Crippen LogP contribution >= 0.6 is 11.6 Å². The second-order valence-electron chi connectivity index (χ2n) is 6.60. The van der Waals surface area contributed by atoms with Gasteiger partial charge in [-0.3, -0.25) is 9.88 Å². The molecule has 0 bridgehead atoms. The fourth-order valence-corrected chi connectivity index (χ4v) is 4.12. The fourth-order valence-electron chi connectivity index (χ4n) is 3.92. The Bertz CT molecular complexity index is 803. The van der Waals surface area contributed by atoms with Gasteiger partial charge in [0.15, 0.2) is 0 Å². The molecule has 1 N–H and O–H groups in total. The normalized spacial score (nSPS) is 20.5. The molecule has 1 fully saturated rings. The molecule has 1 amide bonds. The topological polar surface area (TPSA) is 56.7 Å². The first-order valence-electron chi connectivity index (χ1n) is 8.57. The number of aromatic nitrogens is 1. The monoisotopic (exact) mass is 357 g/mol. The second-order valence-corrected chi connectivity index (χ2v) is 7.04. The Morgan fingerprint density at radius 1 is 1.12 bits per heavy atom. The van der Waals surface area contributed by atoms with Crippen LogP contribution in [0.4, 0.5) is 4.79 Å². The van der Waals surface area contributed by atoms with Gasteiger partial charge in [0.05, 0.1) is 11.7 Å². The number of carboxylic acid groups (broad SMARTS) is 1. The first-order valence-corrected chi connectivity index (χ1v) is 8.95. The van der Waals surface area contributed by atoms with Gasteiger partial charge in [-0.2, -0.15) is 0 Å². The van der Waals surface area contributed by atoms with E-state index < -0.39 is 6.09 Å². The predicted octanol–water partition coefficient (Wildman–Crippen LogP) is 3.22. The Hall–Kier alpha value is -2.11. The molecule has 130 valence electrons. The highest BCUT2D eigenvalue weighted by molar-refractivity contribution is 6.30. The number of carbonyl (C=O) groups is 1. The van der Waals surface area contributed by atoms with Crippen LogP contribution in [0.2, 0.25) is 5.02 Å². The summed E-state index contributed by atoms with van der Waals surface area (Å²) < 4.78 is 0. The molecule has 0 saturated carbocycles. The van der Waals surface area contributed by atoms with E-state index in [1.54, 1.807) is 0 Å². The molecular weight excluding hydrogens is 338 g/mol. The van der Waals surface area contributed by atoms with Crippen LogP contribution in [0.3, 0.4) is 0 Å². The van der Waals surface area contributed by atoms with Crippen LogP contribution in [-0.4, -0.2) is 52.2 Å². The minimum atomic E-state index is -0.841. The van der Waals surface area contributed by atoms with Gasteiger partial charge in [-0.25, -0.2) is 4.79 Å². The summed E-state index contributed by atoms with van der Waals surface area (Å²) in [6, 6.07) is 10.3. The third-order valence-electron chi connectivity index (χ3n) is 5.20. The number of amides is 1. The van der Waals surface area contributed by atoms with E-state index in [-0.39, 0.29) is 6.04 Å². The average Bonchev–Trinajstić information content (AvgIpc) is 2.78. The SMILES string of the molecule is O=C(O)N1CCN([C@@H]2c3ccc(Cl)cc3CCc3cccnc32)CC1. The van der Waals surface area contributed by atoms with Gasteiger partial charge < -0.3 is 10.0 Å². The van der Waals surface area contributed by atoms with Crippen molar-refractivity contribution in [3.8, 4) is 0 Å². The van der Waals surface area contributed by atoms with Gasteiger partial charge in [-0.05, 0) is 47.7 Å². The number of hydrogen-bond acceptors (Lipinski definition) is 3. The number of aryl methyl sites for hydroxylation is 2. The maximum atomic E-state index is 11.2. The van der Waals surface area contributed by atoms with E-state index in [1.807, 2.05) is 18.3 Å². The first kappa shape index (κ1) is 16.4. The number of rotatable bonds is 1. The Morgan fingerprint density at radius 2 is 1.88 bits per heavy atom. The summed E-state index contributed by atoms with van der Waals surface area (Å²) in [6.45, 7) is 2.46. The molecule has 2 aliphatic rings. The van der Waals surface area contributed by atoms with E-state index in [0.717, 1.165) is 23.6 Å². The fraction of sp³-hybridized carbons (Fsp3) is 0.368. The third kappa shape index (κ3) is 3.10. The van der Waals surface area contributed by atoms with Crippen LogP contribution in [0.1, 0.15) is 28.4 Å². The molecule has 1 saturated heterocycles. The van der Waals surface area contributed by atoms with Crippen LogP contribution in [-0.2, 0) is 12.8 Å². The van der Waals surface area contributed by atoms with Gasteiger partial charge in [-0.15, -0.1) is 0 Å². The van der Waals surface area contributed by atoms with Crippen LogP contribution in [0.5, 0.6) is 0 Å². The molecule has 2 heterocycles. The predicted molar refractivity (Wildman–Crippen MR) is 96.1 cm³/mol. The lowest BCUT2D eigenvalue weighted by molar-refractivity contribution is 0.0923. The highest BCUT2D eigenvalue weighted by Crippen LogP contribution is 2.37. The number of benzene rings is 1. The third-order valence-corrected chi connectivity index (χ3v) is 5.43. The zero-order chi connectivity index (χ0) is 17.4. The van der Waals surface area contributed by atoms with Crippen molar-refractivity contribution in [3.05, 3.63) is 63.9 Å². The van der Waals surface area contributed by atoms with Gasteiger partial charge >= 0.3 is 6.09 Å².